The van der Waals surface area contributed by atoms with E-state index < -0.39 is 10.8 Å². The van der Waals surface area contributed by atoms with E-state index in [-0.39, 0.29) is 17.4 Å². The van der Waals surface area contributed by atoms with Crippen LogP contribution in [0.5, 0.6) is 0 Å². The molecule has 1 N–H and O–H groups in total. The Hall–Kier alpha value is -1.67. The van der Waals surface area contributed by atoms with Gasteiger partial charge in [0.2, 0.25) is 0 Å². The third kappa shape index (κ3) is 5.17. The Morgan fingerprint density at radius 1 is 1.19 bits per heavy atom. The fourth-order valence-corrected chi connectivity index (χ4v) is 4.13. The molecule has 140 valence electrons. The maximum absolute atomic E-state index is 12.4. The Kier molecular flexibility index (Phi) is 6.85. The fraction of sp³-hybridized carbons (Fsp3) is 0.389. The van der Waals surface area contributed by atoms with E-state index in [2.05, 4.69) is 10.2 Å². The predicted molar refractivity (Wildman–Crippen MR) is 99.9 cm³/mol. The summed E-state index contributed by atoms with van der Waals surface area (Å²) in [5, 5.41) is 3.30. The molecular weight excluding hydrogens is 376 g/mol. The SMILES string of the molecule is O=C(NCCN1CCOCC1)c1ccc(C[S@](=O)c2ccccc2Cl)o1. The highest BCUT2D eigenvalue weighted by atomic mass is 35.5. The van der Waals surface area contributed by atoms with Crippen molar-refractivity contribution >= 4 is 28.3 Å². The number of nitrogens with zero attached hydrogens (tertiary/aromatic N) is 1. The number of furan rings is 1. The van der Waals surface area contributed by atoms with Crippen LogP contribution in [0, 0.1) is 0 Å². The Bertz CT molecular complexity index is 774. The maximum atomic E-state index is 12.4. The van der Waals surface area contributed by atoms with Crippen molar-refractivity contribution in [3.05, 3.63) is 52.9 Å². The molecule has 0 unspecified atom stereocenters. The molecule has 1 amide bonds. The summed E-state index contributed by atoms with van der Waals surface area (Å²) in [4.78, 5) is 15.0. The van der Waals surface area contributed by atoms with Gasteiger partial charge in [-0.05, 0) is 24.3 Å². The number of morpholine rings is 1. The second-order valence-electron chi connectivity index (χ2n) is 5.90. The van der Waals surface area contributed by atoms with Gasteiger partial charge in [0.15, 0.2) is 5.76 Å². The second-order valence-corrected chi connectivity index (χ2v) is 7.72. The molecular formula is C18H21ClN2O4S. The average molecular weight is 397 g/mol. The quantitative estimate of drug-likeness (QED) is 0.777. The number of halogens is 1. The van der Waals surface area contributed by atoms with Crippen molar-refractivity contribution in [1.82, 2.24) is 10.2 Å². The molecule has 0 aliphatic carbocycles. The first-order chi connectivity index (χ1) is 12.6. The second kappa shape index (κ2) is 9.32. The highest BCUT2D eigenvalue weighted by molar-refractivity contribution is 7.84. The molecule has 26 heavy (non-hydrogen) atoms. The van der Waals surface area contributed by atoms with Gasteiger partial charge in [-0.25, -0.2) is 0 Å². The molecule has 1 aromatic heterocycles. The van der Waals surface area contributed by atoms with Gasteiger partial charge in [0, 0.05) is 26.2 Å². The molecule has 1 aromatic carbocycles. The summed E-state index contributed by atoms with van der Waals surface area (Å²) >= 11 is 6.06. The van der Waals surface area contributed by atoms with Gasteiger partial charge in [0.1, 0.15) is 5.76 Å². The van der Waals surface area contributed by atoms with Gasteiger partial charge in [-0.3, -0.25) is 13.9 Å². The van der Waals surface area contributed by atoms with Crippen LogP contribution in [0.25, 0.3) is 0 Å². The summed E-state index contributed by atoms with van der Waals surface area (Å²) in [5.74, 6) is 0.609. The standard InChI is InChI=1S/C18H21ClN2O4S/c19-15-3-1-2-4-17(15)26(23)13-14-5-6-16(25-14)18(22)20-7-8-21-9-11-24-12-10-21/h1-6H,7-13H2,(H,20,22)/t26-/m0/s1. The van der Waals surface area contributed by atoms with E-state index in [1.54, 1.807) is 36.4 Å². The summed E-state index contributed by atoms with van der Waals surface area (Å²) in [5.41, 5.74) is 0. The Labute approximate surface area is 159 Å². The number of benzene rings is 1. The Balaban J connectivity index is 1.49. The number of hydrogen-bond donors (Lipinski definition) is 1. The number of ether oxygens (including phenoxy) is 1. The van der Waals surface area contributed by atoms with Gasteiger partial charge in [-0.2, -0.15) is 0 Å². The van der Waals surface area contributed by atoms with Crippen LogP contribution in [0.1, 0.15) is 16.3 Å². The molecule has 1 saturated heterocycles. The molecule has 1 aliphatic heterocycles. The molecule has 0 saturated carbocycles. The molecule has 0 radical (unpaired) electrons. The molecule has 6 nitrogen and oxygen atoms in total. The van der Waals surface area contributed by atoms with Gasteiger partial charge in [0.25, 0.3) is 5.91 Å². The number of rotatable bonds is 7. The summed E-state index contributed by atoms with van der Waals surface area (Å²) in [6.07, 6.45) is 0. The highest BCUT2D eigenvalue weighted by Crippen LogP contribution is 2.22. The van der Waals surface area contributed by atoms with Gasteiger partial charge in [-0.15, -0.1) is 0 Å². The van der Waals surface area contributed by atoms with Gasteiger partial charge in [-0.1, -0.05) is 23.7 Å². The van der Waals surface area contributed by atoms with Crippen molar-refractivity contribution in [3.63, 3.8) is 0 Å². The van der Waals surface area contributed by atoms with Crippen LogP contribution in [-0.2, 0) is 21.3 Å². The Morgan fingerprint density at radius 3 is 2.73 bits per heavy atom. The van der Waals surface area contributed by atoms with Crippen molar-refractivity contribution in [2.24, 2.45) is 0 Å². The average Bonchev–Trinajstić information content (AvgIpc) is 3.11. The third-order valence-electron chi connectivity index (χ3n) is 4.06. The lowest BCUT2D eigenvalue weighted by molar-refractivity contribution is 0.0382. The first-order valence-electron chi connectivity index (χ1n) is 8.43. The van der Waals surface area contributed by atoms with Crippen molar-refractivity contribution in [2.45, 2.75) is 10.6 Å². The van der Waals surface area contributed by atoms with Crippen molar-refractivity contribution in [2.75, 3.05) is 39.4 Å². The minimum atomic E-state index is -1.33. The zero-order valence-corrected chi connectivity index (χ0v) is 15.9. The third-order valence-corrected chi connectivity index (χ3v) is 5.89. The van der Waals surface area contributed by atoms with Gasteiger partial charge >= 0.3 is 0 Å². The van der Waals surface area contributed by atoms with Gasteiger partial charge < -0.3 is 14.5 Å². The minimum absolute atomic E-state index is 0.171. The van der Waals surface area contributed by atoms with Crippen LogP contribution in [0.2, 0.25) is 5.02 Å². The van der Waals surface area contributed by atoms with E-state index in [1.165, 1.54) is 0 Å². The molecule has 1 atom stereocenters. The first-order valence-corrected chi connectivity index (χ1v) is 10.1. The molecule has 1 aliphatic rings. The van der Waals surface area contributed by atoms with Crippen molar-refractivity contribution in [1.29, 1.82) is 0 Å². The summed E-state index contributed by atoms with van der Waals surface area (Å²) in [6.45, 7) is 4.55. The van der Waals surface area contributed by atoms with Crippen LogP contribution in [0.4, 0.5) is 0 Å². The van der Waals surface area contributed by atoms with Crippen LogP contribution < -0.4 is 5.32 Å². The largest absolute Gasteiger partial charge is 0.455 e. The molecule has 3 rings (SSSR count). The van der Waals surface area contributed by atoms with E-state index in [4.69, 9.17) is 20.8 Å². The Morgan fingerprint density at radius 2 is 1.96 bits per heavy atom. The van der Waals surface area contributed by atoms with E-state index >= 15 is 0 Å². The van der Waals surface area contributed by atoms with E-state index in [1.807, 2.05) is 0 Å². The lowest BCUT2D eigenvalue weighted by atomic mass is 10.4. The monoisotopic (exact) mass is 396 g/mol. The zero-order valence-electron chi connectivity index (χ0n) is 14.3. The topological polar surface area (TPSA) is 71.8 Å². The number of nitrogens with one attached hydrogen (secondary N) is 1. The number of amides is 1. The smallest absolute Gasteiger partial charge is 0.287 e. The fourth-order valence-electron chi connectivity index (χ4n) is 2.65. The first kappa shape index (κ1) is 19.1. The van der Waals surface area contributed by atoms with Crippen LogP contribution >= 0.6 is 11.6 Å². The molecule has 1 fully saturated rings. The lowest BCUT2D eigenvalue weighted by Gasteiger charge is -2.26. The van der Waals surface area contributed by atoms with Crippen molar-refractivity contribution in [3.8, 4) is 0 Å². The van der Waals surface area contributed by atoms with Crippen LogP contribution in [-0.4, -0.2) is 54.4 Å². The molecule has 2 heterocycles. The summed E-state index contributed by atoms with van der Waals surface area (Å²) in [6, 6.07) is 10.3. The lowest BCUT2D eigenvalue weighted by Crippen LogP contribution is -2.41. The maximum Gasteiger partial charge on any atom is 0.287 e. The number of carbonyl (C=O) groups excluding carboxylic acids is 1. The normalized spacial score (nSPS) is 16.3. The van der Waals surface area contributed by atoms with E-state index in [9.17, 15) is 9.00 Å². The van der Waals surface area contributed by atoms with Crippen LogP contribution in [0.3, 0.4) is 0 Å². The predicted octanol–water partition coefficient (Wildman–Crippen LogP) is 2.30. The van der Waals surface area contributed by atoms with E-state index in [0.717, 1.165) is 32.8 Å². The molecule has 2 aromatic rings. The van der Waals surface area contributed by atoms with Gasteiger partial charge in [0.05, 0.1) is 39.7 Å². The van der Waals surface area contributed by atoms with Crippen LogP contribution in [0.15, 0.2) is 45.7 Å². The van der Waals surface area contributed by atoms with E-state index in [0.29, 0.717) is 22.2 Å². The minimum Gasteiger partial charge on any atom is -0.455 e. The van der Waals surface area contributed by atoms with Crippen molar-refractivity contribution < 1.29 is 18.2 Å². The summed E-state index contributed by atoms with van der Waals surface area (Å²) in [7, 11) is -1.33. The summed E-state index contributed by atoms with van der Waals surface area (Å²) < 4.78 is 23.2. The number of carbonyl (C=O) groups is 1. The zero-order chi connectivity index (χ0) is 18.4. The molecule has 8 heteroatoms. The molecule has 0 bridgehead atoms. The number of hydrogen-bond acceptors (Lipinski definition) is 5. The molecule has 0 spiro atoms. The highest BCUT2D eigenvalue weighted by Gasteiger charge is 2.15.